The van der Waals surface area contributed by atoms with Crippen LogP contribution in [0.4, 0.5) is 13.2 Å². The summed E-state index contributed by atoms with van der Waals surface area (Å²) in [7, 11) is 1.36. The molecule has 0 aliphatic heterocycles. The third kappa shape index (κ3) is 3.03. The average Bonchev–Trinajstić information content (AvgIpc) is 2.92. The molecule has 2 aromatic heterocycles. The highest BCUT2D eigenvalue weighted by atomic mass is 19.4. The van der Waals surface area contributed by atoms with Gasteiger partial charge in [-0.3, -0.25) is 5.10 Å². The van der Waals surface area contributed by atoms with E-state index in [4.69, 9.17) is 4.74 Å². The van der Waals surface area contributed by atoms with Crippen molar-refractivity contribution in [2.24, 2.45) is 0 Å². The molecule has 1 N–H and O–H groups in total. The number of aryl methyl sites for hydroxylation is 1. The first-order valence-corrected chi connectivity index (χ1v) is 6.49. The molecule has 0 saturated carbocycles. The van der Waals surface area contributed by atoms with Gasteiger partial charge in [-0.2, -0.15) is 5.10 Å². The minimum atomic E-state index is -4.77. The summed E-state index contributed by atoms with van der Waals surface area (Å²) in [6.07, 6.45) is -3.25. The molecule has 0 unspecified atom stereocenters. The van der Waals surface area contributed by atoms with E-state index < -0.39 is 6.36 Å². The Bertz CT molecular complexity index is 861. The molecule has 120 valence electrons. The smallest absolute Gasteiger partial charge is 0.496 e. The van der Waals surface area contributed by atoms with Crippen LogP contribution in [0, 0.1) is 6.92 Å². The highest BCUT2D eigenvalue weighted by Gasteiger charge is 2.31. The van der Waals surface area contributed by atoms with Crippen molar-refractivity contribution in [3.05, 3.63) is 30.1 Å². The van der Waals surface area contributed by atoms with Gasteiger partial charge in [0.2, 0.25) is 0 Å². The number of H-pyrrole nitrogens is 1. The second-order valence-corrected chi connectivity index (χ2v) is 4.67. The normalized spacial score (nSPS) is 11.7. The molecule has 1 aromatic carbocycles. The Balaban J connectivity index is 2.08. The Labute approximate surface area is 128 Å². The van der Waals surface area contributed by atoms with Crippen molar-refractivity contribution in [3.63, 3.8) is 0 Å². The Kier molecular flexibility index (Phi) is 3.55. The third-order valence-electron chi connectivity index (χ3n) is 3.12. The van der Waals surface area contributed by atoms with Gasteiger partial charge in [0.1, 0.15) is 17.0 Å². The quantitative estimate of drug-likeness (QED) is 0.801. The van der Waals surface area contributed by atoms with Crippen LogP contribution in [-0.4, -0.2) is 33.6 Å². The number of nitrogens with one attached hydrogen (secondary N) is 1. The van der Waals surface area contributed by atoms with Crippen molar-refractivity contribution in [2.45, 2.75) is 13.3 Å². The standard InChI is InChI=1S/C14H11F3N4O2/c1-7-12(20-10-6-18-21-13(10)19-7)9-4-3-8(5-11(9)22-2)23-14(15,16)17/h3-6H,1-2H3,(H,18,19,21). The van der Waals surface area contributed by atoms with E-state index in [1.807, 2.05) is 0 Å². The van der Waals surface area contributed by atoms with Crippen LogP contribution in [0.2, 0.25) is 0 Å². The molecule has 0 aliphatic rings. The molecule has 3 aromatic rings. The number of nitrogens with zero attached hydrogens (tertiary/aromatic N) is 3. The molecular weight excluding hydrogens is 313 g/mol. The highest BCUT2D eigenvalue weighted by Crippen LogP contribution is 2.35. The van der Waals surface area contributed by atoms with Crippen LogP contribution >= 0.6 is 0 Å². The molecule has 0 saturated heterocycles. The molecular formula is C14H11F3N4O2. The van der Waals surface area contributed by atoms with Gasteiger partial charge in [-0.25, -0.2) is 9.97 Å². The van der Waals surface area contributed by atoms with Crippen molar-refractivity contribution in [1.82, 2.24) is 20.2 Å². The molecule has 6 nitrogen and oxygen atoms in total. The number of ether oxygens (including phenoxy) is 2. The summed E-state index contributed by atoms with van der Waals surface area (Å²) in [6, 6.07) is 3.80. The van der Waals surface area contributed by atoms with E-state index in [0.717, 1.165) is 6.07 Å². The fraction of sp³-hybridized carbons (Fsp3) is 0.214. The van der Waals surface area contributed by atoms with Crippen molar-refractivity contribution < 1.29 is 22.6 Å². The molecule has 0 radical (unpaired) electrons. The predicted molar refractivity (Wildman–Crippen MR) is 75.1 cm³/mol. The van der Waals surface area contributed by atoms with Gasteiger partial charge >= 0.3 is 6.36 Å². The van der Waals surface area contributed by atoms with Crippen molar-refractivity contribution in [1.29, 1.82) is 0 Å². The van der Waals surface area contributed by atoms with E-state index in [9.17, 15) is 13.2 Å². The summed E-state index contributed by atoms with van der Waals surface area (Å²) in [5.41, 5.74) is 2.67. The number of hydrogen-bond donors (Lipinski definition) is 1. The molecule has 0 atom stereocenters. The Morgan fingerprint density at radius 3 is 2.65 bits per heavy atom. The second-order valence-electron chi connectivity index (χ2n) is 4.67. The number of aromatic nitrogens is 4. The third-order valence-corrected chi connectivity index (χ3v) is 3.12. The lowest BCUT2D eigenvalue weighted by atomic mass is 10.1. The van der Waals surface area contributed by atoms with Crippen LogP contribution in [0.3, 0.4) is 0 Å². The number of fused-ring (bicyclic) bond motifs is 1. The van der Waals surface area contributed by atoms with Gasteiger partial charge in [0.15, 0.2) is 5.65 Å². The van der Waals surface area contributed by atoms with E-state index in [1.54, 1.807) is 6.92 Å². The van der Waals surface area contributed by atoms with E-state index in [-0.39, 0.29) is 11.5 Å². The lowest BCUT2D eigenvalue weighted by Crippen LogP contribution is -2.17. The monoisotopic (exact) mass is 324 g/mol. The fourth-order valence-corrected chi connectivity index (χ4v) is 2.18. The van der Waals surface area contributed by atoms with Crippen LogP contribution in [0.5, 0.6) is 11.5 Å². The van der Waals surface area contributed by atoms with E-state index in [1.165, 1.54) is 25.4 Å². The van der Waals surface area contributed by atoms with Gasteiger partial charge in [0.25, 0.3) is 0 Å². The van der Waals surface area contributed by atoms with Gasteiger partial charge in [-0.1, -0.05) is 0 Å². The van der Waals surface area contributed by atoms with Gasteiger partial charge in [-0.15, -0.1) is 13.2 Å². The van der Waals surface area contributed by atoms with Crippen molar-refractivity contribution in [2.75, 3.05) is 7.11 Å². The number of aromatic amines is 1. The Morgan fingerprint density at radius 2 is 1.96 bits per heavy atom. The summed E-state index contributed by atoms with van der Waals surface area (Å²) in [5.74, 6) is -0.167. The van der Waals surface area contributed by atoms with Crippen LogP contribution in [-0.2, 0) is 0 Å². The lowest BCUT2D eigenvalue weighted by molar-refractivity contribution is -0.274. The maximum absolute atomic E-state index is 12.3. The summed E-state index contributed by atoms with van der Waals surface area (Å²) in [6.45, 7) is 1.74. The van der Waals surface area contributed by atoms with Crippen LogP contribution < -0.4 is 9.47 Å². The number of hydrogen-bond acceptors (Lipinski definition) is 5. The largest absolute Gasteiger partial charge is 0.573 e. The summed E-state index contributed by atoms with van der Waals surface area (Å²) < 4.78 is 46.0. The number of alkyl halides is 3. The fourth-order valence-electron chi connectivity index (χ4n) is 2.18. The Hall–Kier alpha value is -2.84. The maximum Gasteiger partial charge on any atom is 0.573 e. The average molecular weight is 324 g/mol. The Morgan fingerprint density at radius 1 is 1.17 bits per heavy atom. The van der Waals surface area contributed by atoms with Crippen LogP contribution in [0.25, 0.3) is 22.4 Å². The zero-order valence-electron chi connectivity index (χ0n) is 12.1. The number of rotatable bonds is 3. The topological polar surface area (TPSA) is 72.9 Å². The second kappa shape index (κ2) is 5.41. The first-order valence-electron chi connectivity index (χ1n) is 6.49. The number of halogens is 3. The summed E-state index contributed by atoms with van der Waals surface area (Å²) >= 11 is 0. The molecule has 0 bridgehead atoms. The van der Waals surface area contributed by atoms with Gasteiger partial charge in [-0.05, 0) is 19.1 Å². The van der Waals surface area contributed by atoms with Crippen LogP contribution in [0.1, 0.15) is 5.69 Å². The molecule has 0 spiro atoms. The van der Waals surface area contributed by atoms with Gasteiger partial charge < -0.3 is 9.47 Å². The first-order chi connectivity index (χ1) is 10.9. The van der Waals surface area contributed by atoms with E-state index >= 15 is 0 Å². The molecule has 23 heavy (non-hydrogen) atoms. The van der Waals surface area contributed by atoms with E-state index in [2.05, 4.69) is 24.9 Å². The first kappa shape index (κ1) is 15.1. The highest BCUT2D eigenvalue weighted by molar-refractivity contribution is 5.77. The number of benzene rings is 1. The molecule has 0 fully saturated rings. The van der Waals surface area contributed by atoms with Gasteiger partial charge in [0, 0.05) is 11.6 Å². The zero-order valence-corrected chi connectivity index (χ0v) is 12.1. The molecule has 3 rings (SSSR count). The van der Waals surface area contributed by atoms with Gasteiger partial charge in [0.05, 0.1) is 24.7 Å². The maximum atomic E-state index is 12.3. The van der Waals surface area contributed by atoms with Crippen molar-refractivity contribution >= 4 is 11.2 Å². The molecule has 9 heteroatoms. The minimum Gasteiger partial charge on any atom is -0.496 e. The summed E-state index contributed by atoms with van der Waals surface area (Å²) in [5, 5.41) is 6.55. The number of methoxy groups -OCH3 is 1. The minimum absolute atomic E-state index is 0.201. The van der Waals surface area contributed by atoms with E-state index in [0.29, 0.717) is 28.1 Å². The molecule has 2 heterocycles. The predicted octanol–water partition coefficient (Wildman–Crippen LogP) is 3.24. The molecule has 0 aliphatic carbocycles. The molecule has 0 amide bonds. The SMILES string of the molecule is COc1cc(OC(F)(F)F)ccc1-c1nc2cn[nH]c2nc1C. The summed E-state index contributed by atoms with van der Waals surface area (Å²) in [4.78, 5) is 8.74. The van der Waals surface area contributed by atoms with Crippen LogP contribution in [0.15, 0.2) is 24.4 Å². The lowest BCUT2D eigenvalue weighted by Gasteiger charge is -2.13. The zero-order chi connectivity index (χ0) is 16.6. The van der Waals surface area contributed by atoms with Crippen molar-refractivity contribution in [3.8, 4) is 22.8 Å².